The smallest absolute Gasteiger partial charge is 0.251 e. The topological polar surface area (TPSA) is 84.2 Å². The predicted octanol–water partition coefficient (Wildman–Crippen LogP) is 3.48. The molecule has 1 fully saturated rings. The Hall–Kier alpha value is -1.59. The fourth-order valence-corrected chi connectivity index (χ4v) is 2.94. The normalized spacial score (nSPS) is 19.8. The van der Waals surface area contributed by atoms with Crippen molar-refractivity contribution >= 4 is 29.9 Å². The van der Waals surface area contributed by atoms with Gasteiger partial charge in [0.1, 0.15) is 0 Å². The number of nitrogens with one attached hydrogen (secondary N) is 2. The molecule has 1 aromatic carbocycles. The number of halogens is 1. The van der Waals surface area contributed by atoms with E-state index in [4.69, 9.17) is 5.73 Å². The molecule has 4 N–H and O–H groups in total. The summed E-state index contributed by atoms with van der Waals surface area (Å²) in [6.45, 7) is 6.02. The first-order chi connectivity index (χ1) is 11.3. The number of benzene rings is 1. The van der Waals surface area contributed by atoms with Gasteiger partial charge in [-0.2, -0.15) is 0 Å². The molecule has 6 heteroatoms. The summed E-state index contributed by atoms with van der Waals surface area (Å²) >= 11 is 0. The number of hydrogen-bond acceptors (Lipinski definition) is 3. The zero-order valence-electron chi connectivity index (χ0n) is 15.3. The second-order valence-corrected chi connectivity index (χ2v) is 7.38. The van der Waals surface area contributed by atoms with E-state index < -0.39 is 0 Å². The number of amides is 2. The Morgan fingerprint density at radius 1 is 1.20 bits per heavy atom. The molecule has 2 amide bonds. The SMILES string of the molecule is CCC(C)(C)NC(=O)c1ccc(NC(=O)C[C@@H]2CCC[C@H]2N)cc1.Cl. The lowest BCUT2D eigenvalue weighted by atomic mass is 10.00. The van der Waals surface area contributed by atoms with Crippen LogP contribution in [0.25, 0.3) is 0 Å². The summed E-state index contributed by atoms with van der Waals surface area (Å²) in [5, 5.41) is 5.88. The maximum absolute atomic E-state index is 12.2. The molecule has 1 aromatic rings. The quantitative estimate of drug-likeness (QED) is 0.719. The van der Waals surface area contributed by atoms with Crippen LogP contribution in [0.2, 0.25) is 0 Å². The van der Waals surface area contributed by atoms with Gasteiger partial charge in [0.25, 0.3) is 5.91 Å². The van der Waals surface area contributed by atoms with E-state index in [1.54, 1.807) is 24.3 Å². The van der Waals surface area contributed by atoms with Crippen molar-refractivity contribution in [2.45, 2.75) is 64.5 Å². The van der Waals surface area contributed by atoms with Crippen LogP contribution in [0.4, 0.5) is 5.69 Å². The monoisotopic (exact) mass is 367 g/mol. The average Bonchev–Trinajstić information content (AvgIpc) is 2.92. The van der Waals surface area contributed by atoms with Gasteiger partial charge < -0.3 is 16.4 Å². The summed E-state index contributed by atoms with van der Waals surface area (Å²) in [5.41, 5.74) is 7.08. The zero-order chi connectivity index (χ0) is 17.7. The van der Waals surface area contributed by atoms with E-state index in [9.17, 15) is 9.59 Å². The number of nitrogens with two attached hydrogens (primary N) is 1. The fraction of sp³-hybridized carbons (Fsp3) is 0.579. The molecule has 0 aromatic heterocycles. The Morgan fingerprint density at radius 2 is 1.84 bits per heavy atom. The van der Waals surface area contributed by atoms with Gasteiger partial charge >= 0.3 is 0 Å². The molecule has 5 nitrogen and oxygen atoms in total. The lowest BCUT2D eigenvalue weighted by Crippen LogP contribution is -2.42. The van der Waals surface area contributed by atoms with Gasteiger partial charge in [-0.1, -0.05) is 13.3 Å². The van der Waals surface area contributed by atoms with Gasteiger partial charge in [0, 0.05) is 29.3 Å². The summed E-state index contributed by atoms with van der Waals surface area (Å²) in [4.78, 5) is 24.3. The third-order valence-corrected chi connectivity index (χ3v) is 4.93. The van der Waals surface area contributed by atoms with Crippen LogP contribution in [0.5, 0.6) is 0 Å². The molecule has 0 saturated heterocycles. The Balaban J connectivity index is 0.00000312. The highest BCUT2D eigenvalue weighted by atomic mass is 35.5. The van der Waals surface area contributed by atoms with Crippen molar-refractivity contribution in [2.75, 3.05) is 5.32 Å². The van der Waals surface area contributed by atoms with E-state index in [1.165, 1.54) is 0 Å². The third-order valence-electron chi connectivity index (χ3n) is 4.93. The molecule has 2 rings (SSSR count). The molecule has 0 spiro atoms. The predicted molar refractivity (Wildman–Crippen MR) is 104 cm³/mol. The van der Waals surface area contributed by atoms with Gasteiger partial charge in [0.2, 0.25) is 5.91 Å². The zero-order valence-corrected chi connectivity index (χ0v) is 16.1. The summed E-state index contributed by atoms with van der Waals surface area (Å²) in [6.07, 6.45) is 4.47. The highest BCUT2D eigenvalue weighted by molar-refractivity contribution is 5.96. The first kappa shape index (κ1) is 21.5. The molecule has 0 radical (unpaired) electrons. The van der Waals surface area contributed by atoms with Crippen LogP contribution >= 0.6 is 12.4 Å². The number of rotatable bonds is 6. The van der Waals surface area contributed by atoms with Gasteiger partial charge in [-0.05, 0) is 63.3 Å². The van der Waals surface area contributed by atoms with Crippen molar-refractivity contribution in [1.82, 2.24) is 5.32 Å². The van der Waals surface area contributed by atoms with Gasteiger partial charge in [-0.25, -0.2) is 0 Å². The third kappa shape index (κ3) is 6.33. The van der Waals surface area contributed by atoms with Crippen LogP contribution < -0.4 is 16.4 Å². The Kier molecular flexibility index (Phi) is 7.90. The van der Waals surface area contributed by atoms with E-state index in [0.29, 0.717) is 17.7 Å². The minimum absolute atomic E-state index is 0. The molecule has 1 aliphatic carbocycles. The van der Waals surface area contributed by atoms with Crippen molar-refractivity contribution in [2.24, 2.45) is 11.7 Å². The van der Waals surface area contributed by atoms with E-state index in [0.717, 1.165) is 25.7 Å². The second-order valence-electron chi connectivity index (χ2n) is 7.38. The number of anilines is 1. The molecule has 1 saturated carbocycles. The van der Waals surface area contributed by atoms with Gasteiger partial charge in [0.05, 0.1) is 0 Å². The molecule has 1 aliphatic rings. The van der Waals surface area contributed by atoms with E-state index in [2.05, 4.69) is 10.6 Å². The molecule has 0 aliphatic heterocycles. The fourth-order valence-electron chi connectivity index (χ4n) is 2.94. The summed E-state index contributed by atoms with van der Waals surface area (Å²) in [5.74, 6) is 0.171. The van der Waals surface area contributed by atoms with Crippen LogP contribution in [0.15, 0.2) is 24.3 Å². The number of carbonyl (C=O) groups is 2. The second kappa shape index (κ2) is 9.20. The highest BCUT2D eigenvalue weighted by Gasteiger charge is 2.26. The Labute approximate surface area is 156 Å². The van der Waals surface area contributed by atoms with Crippen LogP contribution in [0.1, 0.15) is 63.2 Å². The lowest BCUT2D eigenvalue weighted by molar-refractivity contribution is -0.117. The Morgan fingerprint density at radius 3 is 2.36 bits per heavy atom. The summed E-state index contributed by atoms with van der Waals surface area (Å²) in [6, 6.07) is 7.14. The van der Waals surface area contributed by atoms with Crippen molar-refractivity contribution in [3.63, 3.8) is 0 Å². The van der Waals surface area contributed by atoms with E-state index in [-0.39, 0.29) is 41.7 Å². The van der Waals surface area contributed by atoms with Gasteiger partial charge in [-0.15, -0.1) is 12.4 Å². The maximum atomic E-state index is 12.2. The van der Waals surface area contributed by atoms with Crippen molar-refractivity contribution in [3.8, 4) is 0 Å². The standard InChI is InChI=1S/C19H29N3O2.ClH/c1-4-19(2,3)22-18(24)13-8-10-15(11-9-13)21-17(23)12-14-6-5-7-16(14)20;/h8-11,14,16H,4-7,12,20H2,1-3H3,(H,21,23)(H,22,24);1H/t14-,16+;/m0./s1. The highest BCUT2D eigenvalue weighted by Crippen LogP contribution is 2.27. The molecule has 140 valence electrons. The van der Waals surface area contributed by atoms with Crippen molar-refractivity contribution < 1.29 is 9.59 Å². The maximum Gasteiger partial charge on any atom is 0.251 e. The van der Waals surface area contributed by atoms with Crippen molar-refractivity contribution in [1.29, 1.82) is 0 Å². The molecule has 0 unspecified atom stereocenters. The van der Waals surface area contributed by atoms with Crippen LogP contribution in [0, 0.1) is 5.92 Å². The minimum atomic E-state index is -0.232. The molecule has 0 bridgehead atoms. The first-order valence-electron chi connectivity index (χ1n) is 8.79. The number of carbonyl (C=O) groups excluding carboxylic acids is 2. The largest absolute Gasteiger partial charge is 0.347 e. The first-order valence-corrected chi connectivity index (χ1v) is 8.79. The lowest BCUT2D eigenvalue weighted by Gasteiger charge is -2.24. The van der Waals surface area contributed by atoms with Crippen LogP contribution in [-0.2, 0) is 4.79 Å². The van der Waals surface area contributed by atoms with E-state index in [1.807, 2.05) is 20.8 Å². The van der Waals surface area contributed by atoms with Gasteiger partial charge in [-0.3, -0.25) is 9.59 Å². The van der Waals surface area contributed by atoms with Crippen molar-refractivity contribution in [3.05, 3.63) is 29.8 Å². The number of hydrogen-bond donors (Lipinski definition) is 3. The Bertz CT molecular complexity index is 587. The summed E-state index contributed by atoms with van der Waals surface area (Å²) < 4.78 is 0. The molecule has 2 atom stereocenters. The molecule has 25 heavy (non-hydrogen) atoms. The minimum Gasteiger partial charge on any atom is -0.347 e. The average molecular weight is 368 g/mol. The van der Waals surface area contributed by atoms with Crippen LogP contribution in [-0.4, -0.2) is 23.4 Å². The summed E-state index contributed by atoms with van der Waals surface area (Å²) in [7, 11) is 0. The molecular weight excluding hydrogens is 338 g/mol. The van der Waals surface area contributed by atoms with E-state index >= 15 is 0 Å². The molecule has 0 heterocycles. The molecular formula is C19H30ClN3O2. The van der Waals surface area contributed by atoms with Crippen LogP contribution in [0.3, 0.4) is 0 Å². The van der Waals surface area contributed by atoms with Gasteiger partial charge in [0.15, 0.2) is 0 Å².